The number of fused-ring (bicyclic) bond motifs is 10. The minimum atomic E-state index is -0.183. The van der Waals surface area contributed by atoms with Crippen LogP contribution in [0.3, 0.4) is 0 Å². The van der Waals surface area contributed by atoms with Crippen molar-refractivity contribution in [2.45, 2.75) is 69.7 Å². The lowest BCUT2D eigenvalue weighted by Gasteiger charge is -2.50. The largest absolute Gasteiger partial charge is 0.375 e. The second-order valence-corrected chi connectivity index (χ2v) is 20.3. The third kappa shape index (κ3) is 3.97. The molecular weight excluding hydrogens is 775 g/mol. The first-order valence-corrected chi connectivity index (χ1v) is 23.4. The standard InChI is InChI=1S/C59H47BN4/c1-57(2)45-26-17-24-40-51-50(63-49-30-14-12-25-44(49)58(3)31-15-16-32-59(58,63)4)35-41-43-34-38(61(36-19-7-5-8-20-36)37-21-9-6-10-22-37)33-42-39-23-11-13-29-48(39)64(53(42)43)60-47-28-18-27-46(57)55(47)62(54(40)45)56(51)52(41)60/h5-14,17-30,33-35H,15-16,31-32H2,1-4H3. The number of para-hydroxylation sites is 6. The highest BCUT2D eigenvalue weighted by molar-refractivity contribution is 6.90. The van der Waals surface area contributed by atoms with Gasteiger partial charge in [-0.1, -0.05) is 143 Å². The van der Waals surface area contributed by atoms with Crippen molar-refractivity contribution in [3.05, 3.63) is 180 Å². The average Bonchev–Trinajstić information content (AvgIpc) is 3.92. The van der Waals surface area contributed by atoms with E-state index < -0.39 is 0 Å². The molecule has 64 heavy (non-hydrogen) atoms. The Balaban J connectivity index is 1.16. The molecule has 2 aromatic heterocycles. The lowest BCUT2D eigenvalue weighted by molar-refractivity contribution is 0.195. The van der Waals surface area contributed by atoms with Crippen LogP contribution in [0.2, 0.25) is 0 Å². The van der Waals surface area contributed by atoms with Gasteiger partial charge < -0.3 is 18.8 Å². The fraction of sp³-hybridized carbons (Fsp3) is 0.186. The van der Waals surface area contributed by atoms with Gasteiger partial charge in [0.1, 0.15) is 0 Å². The van der Waals surface area contributed by atoms with Crippen LogP contribution in [0.25, 0.3) is 60.4 Å². The van der Waals surface area contributed by atoms with E-state index in [2.05, 4.69) is 210 Å². The van der Waals surface area contributed by atoms with Crippen LogP contribution in [-0.2, 0) is 10.8 Å². The van der Waals surface area contributed by atoms with E-state index in [9.17, 15) is 0 Å². The topological polar surface area (TPSA) is 16.3 Å². The molecule has 4 aliphatic heterocycles. The van der Waals surface area contributed by atoms with Gasteiger partial charge in [-0.05, 0) is 108 Å². The monoisotopic (exact) mass is 822 g/mol. The molecule has 1 fully saturated rings. The Kier molecular flexibility index (Phi) is 6.53. The van der Waals surface area contributed by atoms with Crippen LogP contribution in [0.1, 0.15) is 70.1 Å². The molecule has 2 atom stereocenters. The molecule has 4 nitrogen and oxygen atoms in total. The molecule has 5 heteroatoms. The summed E-state index contributed by atoms with van der Waals surface area (Å²) in [5.41, 5.74) is 22.4. The number of hydrogen-bond donors (Lipinski definition) is 0. The highest BCUT2D eigenvalue weighted by Crippen LogP contribution is 2.63. The van der Waals surface area contributed by atoms with E-state index >= 15 is 0 Å². The summed E-state index contributed by atoms with van der Waals surface area (Å²) in [6.45, 7) is 10.1. The van der Waals surface area contributed by atoms with E-state index in [1.54, 1.807) is 0 Å². The fourth-order valence-electron chi connectivity index (χ4n) is 14.2. The minimum absolute atomic E-state index is 0.00263. The van der Waals surface area contributed by atoms with Gasteiger partial charge in [0.2, 0.25) is 0 Å². The molecule has 6 heterocycles. The molecule has 0 amide bonds. The second kappa shape index (κ2) is 11.8. The van der Waals surface area contributed by atoms with Crippen molar-refractivity contribution in [3.8, 4) is 16.8 Å². The molecule has 10 aromatic rings. The first-order valence-electron chi connectivity index (χ1n) is 23.4. The Morgan fingerprint density at radius 3 is 2.00 bits per heavy atom. The molecule has 1 saturated carbocycles. The zero-order chi connectivity index (χ0) is 42.4. The molecule has 0 saturated heterocycles. The molecule has 15 rings (SSSR count). The predicted octanol–water partition coefficient (Wildman–Crippen LogP) is 13.7. The van der Waals surface area contributed by atoms with Crippen molar-refractivity contribution in [1.82, 2.24) is 9.05 Å². The van der Waals surface area contributed by atoms with Crippen molar-refractivity contribution >= 4 is 89.8 Å². The molecule has 2 unspecified atom stereocenters. The number of aromatic nitrogens is 2. The van der Waals surface area contributed by atoms with E-state index in [0.29, 0.717) is 0 Å². The van der Waals surface area contributed by atoms with Gasteiger partial charge in [0.25, 0.3) is 0 Å². The number of benzene rings is 8. The van der Waals surface area contributed by atoms with Crippen LogP contribution in [0, 0.1) is 0 Å². The highest BCUT2D eigenvalue weighted by Gasteiger charge is 2.58. The molecule has 1 aliphatic carbocycles. The summed E-state index contributed by atoms with van der Waals surface area (Å²) in [4.78, 5) is 5.31. The SMILES string of the molecule is CC1(C)c2cccc3c2-n2c4c1cccc4c1c(N4c5ccccc5C5(C)CCCCC45C)cc4c(c12)B3n1c2ccccc2c2cc(N(c3ccccc3)c3ccccc3)cc-4c21. The molecule has 8 aromatic carbocycles. The third-order valence-electron chi connectivity index (χ3n) is 17.2. The van der Waals surface area contributed by atoms with E-state index in [-0.39, 0.29) is 23.2 Å². The van der Waals surface area contributed by atoms with Gasteiger partial charge in [0.05, 0.1) is 22.3 Å². The number of hydrogen-bond acceptors (Lipinski definition) is 2. The van der Waals surface area contributed by atoms with Crippen LogP contribution in [0.5, 0.6) is 0 Å². The second-order valence-electron chi connectivity index (χ2n) is 20.3. The fourth-order valence-corrected chi connectivity index (χ4v) is 14.2. The maximum absolute atomic E-state index is 2.86. The maximum Gasteiger partial charge on any atom is 0.333 e. The lowest BCUT2D eigenvalue weighted by atomic mass is 9.45. The first-order chi connectivity index (χ1) is 31.3. The predicted molar refractivity (Wildman–Crippen MR) is 269 cm³/mol. The van der Waals surface area contributed by atoms with Crippen molar-refractivity contribution < 1.29 is 0 Å². The third-order valence-corrected chi connectivity index (χ3v) is 17.2. The Morgan fingerprint density at radius 1 is 0.516 bits per heavy atom. The zero-order valence-electron chi connectivity index (χ0n) is 36.8. The summed E-state index contributed by atoms with van der Waals surface area (Å²) in [6.07, 6.45) is 4.85. The Hall–Kier alpha value is -6.98. The number of nitrogens with zero attached hydrogens (tertiary/aromatic N) is 4. The van der Waals surface area contributed by atoms with Gasteiger partial charge in [-0.2, -0.15) is 0 Å². The van der Waals surface area contributed by atoms with E-state index in [1.165, 1.54) is 119 Å². The Morgan fingerprint density at radius 2 is 1.19 bits per heavy atom. The van der Waals surface area contributed by atoms with Crippen LogP contribution in [0.4, 0.5) is 28.4 Å². The molecule has 306 valence electrons. The molecule has 0 spiro atoms. The van der Waals surface area contributed by atoms with Crippen LogP contribution >= 0.6 is 0 Å². The van der Waals surface area contributed by atoms with Crippen molar-refractivity contribution in [2.24, 2.45) is 0 Å². The van der Waals surface area contributed by atoms with Gasteiger partial charge in [-0.25, -0.2) is 0 Å². The van der Waals surface area contributed by atoms with E-state index in [4.69, 9.17) is 0 Å². The first kappa shape index (κ1) is 35.5. The van der Waals surface area contributed by atoms with Gasteiger partial charge in [-0.3, -0.25) is 0 Å². The number of anilines is 5. The van der Waals surface area contributed by atoms with E-state index in [1.807, 2.05) is 0 Å². The molecule has 0 bridgehead atoms. The summed E-state index contributed by atoms with van der Waals surface area (Å²) in [7, 11) is 0. The summed E-state index contributed by atoms with van der Waals surface area (Å²) >= 11 is 0. The normalized spacial score (nSPS) is 20.4. The zero-order valence-corrected chi connectivity index (χ0v) is 36.8. The summed E-state index contributed by atoms with van der Waals surface area (Å²) in [5, 5.41) is 5.35. The van der Waals surface area contributed by atoms with Crippen molar-refractivity contribution in [1.29, 1.82) is 0 Å². The van der Waals surface area contributed by atoms with Gasteiger partial charge in [-0.15, -0.1) is 0 Å². The smallest absolute Gasteiger partial charge is 0.333 e. The average molecular weight is 823 g/mol. The van der Waals surface area contributed by atoms with Gasteiger partial charge in [0.15, 0.2) is 0 Å². The minimum Gasteiger partial charge on any atom is -0.375 e. The Labute approximate surface area is 374 Å². The van der Waals surface area contributed by atoms with Crippen LogP contribution < -0.4 is 20.7 Å². The van der Waals surface area contributed by atoms with Gasteiger partial charge in [0, 0.05) is 77.4 Å². The highest BCUT2D eigenvalue weighted by atomic mass is 15.3. The molecular formula is C59H47BN4. The summed E-state index contributed by atoms with van der Waals surface area (Å²) in [6, 6.07) is 62.5. The summed E-state index contributed by atoms with van der Waals surface area (Å²) < 4.78 is 5.49. The van der Waals surface area contributed by atoms with Crippen molar-refractivity contribution in [3.63, 3.8) is 0 Å². The van der Waals surface area contributed by atoms with Crippen LogP contribution in [0.15, 0.2) is 164 Å². The summed E-state index contributed by atoms with van der Waals surface area (Å²) in [5.74, 6) is 0. The van der Waals surface area contributed by atoms with Crippen molar-refractivity contribution in [2.75, 3.05) is 9.80 Å². The van der Waals surface area contributed by atoms with E-state index in [0.717, 1.165) is 23.5 Å². The molecule has 5 aliphatic rings. The maximum atomic E-state index is 2.86. The van der Waals surface area contributed by atoms with Crippen LogP contribution in [-0.4, -0.2) is 21.4 Å². The molecule has 0 radical (unpaired) electrons. The Bertz CT molecular complexity index is 3670. The lowest BCUT2D eigenvalue weighted by Crippen LogP contribution is -2.57. The number of rotatable bonds is 4. The quantitative estimate of drug-likeness (QED) is 0.164. The van der Waals surface area contributed by atoms with Gasteiger partial charge >= 0.3 is 6.85 Å². The molecule has 0 N–H and O–H groups in total.